The standard InChI is InChI=1S/C15H17N3O2S/c1-10-8-12(17-11(2)16-10)13-9-18(5-6-20-13)15(19)14-4-3-7-21-14/h3-4,7-8,13H,5-6,9H2,1-2H3/t13-/m0/s1. The maximum absolute atomic E-state index is 12.4. The zero-order valence-corrected chi connectivity index (χ0v) is 12.9. The minimum absolute atomic E-state index is 0.0702. The molecule has 0 aromatic carbocycles. The molecule has 0 saturated carbocycles. The smallest absolute Gasteiger partial charge is 0.264 e. The van der Waals surface area contributed by atoms with Crippen LogP contribution in [0.1, 0.15) is 33.0 Å². The van der Waals surface area contributed by atoms with Crippen molar-refractivity contribution < 1.29 is 9.53 Å². The first-order valence-corrected chi connectivity index (χ1v) is 7.78. The summed E-state index contributed by atoms with van der Waals surface area (Å²) in [4.78, 5) is 23.7. The first kappa shape index (κ1) is 14.2. The van der Waals surface area contributed by atoms with Gasteiger partial charge >= 0.3 is 0 Å². The number of morpholine rings is 1. The highest BCUT2D eigenvalue weighted by Gasteiger charge is 2.27. The van der Waals surface area contributed by atoms with Crippen LogP contribution in [0.2, 0.25) is 0 Å². The summed E-state index contributed by atoms with van der Waals surface area (Å²) in [7, 11) is 0. The Morgan fingerprint density at radius 1 is 1.43 bits per heavy atom. The first-order chi connectivity index (χ1) is 10.1. The molecule has 110 valence electrons. The zero-order valence-electron chi connectivity index (χ0n) is 12.1. The number of thiophene rings is 1. The van der Waals surface area contributed by atoms with Gasteiger partial charge in [-0.3, -0.25) is 4.79 Å². The minimum Gasteiger partial charge on any atom is -0.368 e. The van der Waals surface area contributed by atoms with E-state index < -0.39 is 0 Å². The number of ether oxygens (including phenoxy) is 1. The number of hydrogen-bond donors (Lipinski definition) is 0. The van der Waals surface area contributed by atoms with Crippen LogP contribution < -0.4 is 0 Å². The van der Waals surface area contributed by atoms with Crippen molar-refractivity contribution in [2.45, 2.75) is 20.0 Å². The molecule has 3 heterocycles. The number of rotatable bonds is 2. The van der Waals surface area contributed by atoms with Crippen molar-refractivity contribution in [2.24, 2.45) is 0 Å². The van der Waals surface area contributed by atoms with Gasteiger partial charge in [0.05, 0.1) is 23.7 Å². The molecule has 3 rings (SSSR count). The van der Waals surface area contributed by atoms with Gasteiger partial charge < -0.3 is 9.64 Å². The van der Waals surface area contributed by atoms with E-state index in [0.717, 1.165) is 22.1 Å². The van der Waals surface area contributed by atoms with E-state index in [1.54, 1.807) is 0 Å². The molecule has 0 unspecified atom stereocenters. The van der Waals surface area contributed by atoms with Crippen LogP contribution in [0.4, 0.5) is 0 Å². The summed E-state index contributed by atoms with van der Waals surface area (Å²) >= 11 is 1.47. The highest BCUT2D eigenvalue weighted by molar-refractivity contribution is 7.12. The predicted octanol–water partition coefficient (Wildman–Crippen LogP) is 2.37. The van der Waals surface area contributed by atoms with Crippen LogP contribution in [0.25, 0.3) is 0 Å². The van der Waals surface area contributed by atoms with E-state index in [2.05, 4.69) is 9.97 Å². The van der Waals surface area contributed by atoms with E-state index in [1.165, 1.54) is 11.3 Å². The molecule has 0 bridgehead atoms. The monoisotopic (exact) mass is 303 g/mol. The number of nitrogens with zero attached hydrogens (tertiary/aromatic N) is 3. The molecule has 6 heteroatoms. The third kappa shape index (κ3) is 3.11. The van der Waals surface area contributed by atoms with Crippen LogP contribution in [-0.2, 0) is 4.74 Å². The lowest BCUT2D eigenvalue weighted by atomic mass is 10.1. The van der Waals surface area contributed by atoms with Gasteiger partial charge in [0, 0.05) is 12.2 Å². The summed E-state index contributed by atoms with van der Waals surface area (Å²) in [5.41, 5.74) is 1.77. The van der Waals surface area contributed by atoms with Gasteiger partial charge in [0.15, 0.2) is 0 Å². The van der Waals surface area contributed by atoms with E-state index in [9.17, 15) is 4.79 Å². The molecular weight excluding hydrogens is 286 g/mol. The van der Waals surface area contributed by atoms with Crippen molar-refractivity contribution in [1.82, 2.24) is 14.9 Å². The van der Waals surface area contributed by atoms with Crippen molar-refractivity contribution in [1.29, 1.82) is 0 Å². The van der Waals surface area contributed by atoms with Crippen molar-refractivity contribution in [3.8, 4) is 0 Å². The van der Waals surface area contributed by atoms with Crippen molar-refractivity contribution in [3.63, 3.8) is 0 Å². The highest BCUT2D eigenvalue weighted by Crippen LogP contribution is 2.23. The number of carbonyl (C=O) groups excluding carboxylic acids is 1. The van der Waals surface area contributed by atoms with Crippen LogP contribution in [0.5, 0.6) is 0 Å². The minimum atomic E-state index is -0.178. The van der Waals surface area contributed by atoms with Crippen molar-refractivity contribution in [3.05, 3.63) is 45.7 Å². The van der Waals surface area contributed by atoms with Gasteiger partial charge in [0.25, 0.3) is 5.91 Å². The first-order valence-electron chi connectivity index (χ1n) is 6.90. The lowest BCUT2D eigenvalue weighted by Gasteiger charge is -2.32. The average Bonchev–Trinajstić information content (AvgIpc) is 3.00. The summed E-state index contributed by atoms with van der Waals surface area (Å²) in [5, 5.41) is 1.92. The zero-order chi connectivity index (χ0) is 14.8. The van der Waals surface area contributed by atoms with Crippen LogP contribution in [0.3, 0.4) is 0 Å². The molecule has 0 radical (unpaired) electrons. The van der Waals surface area contributed by atoms with Crippen LogP contribution >= 0.6 is 11.3 Å². The van der Waals surface area contributed by atoms with E-state index in [4.69, 9.17) is 4.74 Å². The Morgan fingerprint density at radius 2 is 2.29 bits per heavy atom. The second-order valence-electron chi connectivity index (χ2n) is 5.07. The molecule has 0 aliphatic carbocycles. The largest absolute Gasteiger partial charge is 0.368 e. The molecule has 0 spiro atoms. The molecule has 1 aliphatic rings. The Kier molecular flexibility index (Phi) is 3.98. The Balaban J connectivity index is 1.78. The van der Waals surface area contributed by atoms with Crippen molar-refractivity contribution >= 4 is 17.2 Å². The third-order valence-corrected chi connectivity index (χ3v) is 4.26. The summed E-state index contributed by atoms with van der Waals surface area (Å²) in [6.07, 6.45) is -0.178. The maximum atomic E-state index is 12.4. The summed E-state index contributed by atoms with van der Waals surface area (Å²) in [6.45, 7) is 5.50. The fraction of sp³-hybridized carbons (Fsp3) is 0.400. The van der Waals surface area contributed by atoms with E-state index in [-0.39, 0.29) is 12.0 Å². The number of aromatic nitrogens is 2. The van der Waals surface area contributed by atoms with Gasteiger partial charge in [0.1, 0.15) is 11.9 Å². The third-order valence-electron chi connectivity index (χ3n) is 3.40. The fourth-order valence-electron chi connectivity index (χ4n) is 2.48. The normalized spacial score (nSPS) is 18.8. The SMILES string of the molecule is Cc1cc([C@@H]2CN(C(=O)c3cccs3)CCO2)nc(C)n1. The lowest BCUT2D eigenvalue weighted by molar-refractivity contribution is -0.0247. The Bertz CT molecular complexity index is 622. The molecule has 2 aromatic rings. The molecule has 1 saturated heterocycles. The van der Waals surface area contributed by atoms with Gasteiger partial charge in [0.2, 0.25) is 0 Å². The predicted molar refractivity (Wildman–Crippen MR) is 80.4 cm³/mol. The molecule has 1 amide bonds. The summed E-state index contributed by atoms with van der Waals surface area (Å²) in [5.74, 6) is 0.802. The van der Waals surface area contributed by atoms with E-state index >= 15 is 0 Å². The highest BCUT2D eigenvalue weighted by atomic mass is 32.1. The van der Waals surface area contributed by atoms with Gasteiger partial charge in [-0.25, -0.2) is 9.97 Å². The van der Waals surface area contributed by atoms with Crippen LogP contribution in [0.15, 0.2) is 23.6 Å². The van der Waals surface area contributed by atoms with Gasteiger partial charge in [-0.15, -0.1) is 11.3 Å². The Morgan fingerprint density at radius 3 is 3.00 bits per heavy atom. The van der Waals surface area contributed by atoms with Gasteiger partial charge in [-0.2, -0.15) is 0 Å². The molecule has 1 aliphatic heterocycles. The second-order valence-corrected chi connectivity index (χ2v) is 6.02. The molecule has 0 N–H and O–H groups in total. The van der Waals surface area contributed by atoms with Crippen molar-refractivity contribution in [2.75, 3.05) is 19.7 Å². The van der Waals surface area contributed by atoms with Crippen LogP contribution in [-0.4, -0.2) is 40.5 Å². The topological polar surface area (TPSA) is 55.3 Å². The summed E-state index contributed by atoms with van der Waals surface area (Å²) in [6, 6.07) is 5.68. The molecule has 5 nitrogen and oxygen atoms in total. The molecule has 1 atom stereocenters. The molecule has 2 aromatic heterocycles. The average molecular weight is 303 g/mol. The van der Waals surface area contributed by atoms with E-state index in [0.29, 0.717) is 19.7 Å². The number of amides is 1. The Labute approximate surface area is 127 Å². The second kappa shape index (κ2) is 5.91. The number of carbonyl (C=O) groups is 1. The van der Waals surface area contributed by atoms with E-state index in [1.807, 2.05) is 42.3 Å². The van der Waals surface area contributed by atoms with Gasteiger partial charge in [-0.05, 0) is 31.4 Å². The number of aryl methyl sites for hydroxylation is 2. The Hall–Kier alpha value is -1.79. The fourth-order valence-corrected chi connectivity index (χ4v) is 3.17. The quantitative estimate of drug-likeness (QED) is 0.854. The van der Waals surface area contributed by atoms with Crippen LogP contribution in [0, 0.1) is 13.8 Å². The summed E-state index contributed by atoms with van der Waals surface area (Å²) < 4.78 is 5.79. The molecule has 21 heavy (non-hydrogen) atoms. The van der Waals surface area contributed by atoms with Gasteiger partial charge in [-0.1, -0.05) is 6.07 Å². The molecule has 1 fully saturated rings. The maximum Gasteiger partial charge on any atom is 0.264 e. The number of hydrogen-bond acceptors (Lipinski definition) is 5. The lowest BCUT2D eigenvalue weighted by Crippen LogP contribution is -2.42. The molecular formula is C15H17N3O2S.